The predicted octanol–water partition coefficient (Wildman–Crippen LogP) is 2.74. The summed E-state index contributed by atoms with van der Waals surface area (Å²) in [5.41, 5.74) is 0.606. The molecule has 0 bridgehead atoms. The molecule has 16 heavy (non-hydrogen) atoms. The highest BCUT2D eigenvalue weighted by atomic mass is 35.5. The van der Waals surface area contributed by atoms with Crippen LogP contribution in [0.5, 0.6) is 0 Å². The van der Waals surface area contributed by atoms with E-state index in [1.165, 1.54) is 6.92 Å². The van der Waals surface area contributed by atoms with Crippen molar-refractivity contribution in [2.24, 2.45) is 0 Å². The summed E-state index contributed by atoms with van der Waals surface area (Å²) >= 11 is 5.71. The van der Waals surface area contributed by atoms with Crippen LogP contribution in [0.25, 0.3) is 0 Å². The van der Waals surface area contributed by atoms with Crippen LogP contribution in [-0.4, -0.2) is 23.4 Å². The summed E-state index contributed by atoms with van der Waals surface area (Å²) in [4.78, 5) is 23.9. The van der Waals surface area contributed by atoms with Gasteiger partial charge in [0, 0.05) is 24.2 Å². The summed E-state index contributed by atoms with van der Waals surface area (Å²) in [5.74, 6) is -0.283. The number of anilines is 1. The van der Waals surface area contributed by atoms with Gasteiger partial charge in [0.15, 0.2) is 0 Å². The lowest BCUT2D eigenvalue weighted by molar-refractivity contribution is -0.125. The minimum atomic E-state index is -0.433. The molecule has 0 aliphatic heterocycles. The van der Waals surface area contributed by atoms with Crippen molar-refractivity contribution in [2.75, 3.05) is 11.9 Å². The molecule has 0 saturated carbocycles. The van der Waals surface area contributed by atoms with Crippen LogP contribution < -0.4 is 5.32 Å². The number of amides is 3. The average Bonchev–Trinajstić information content (AvgIpc) is 2.22. The molecule has 0 aromatic heterocycles. The minimum Gasteiger partial charge on any atom is -0.307 e. The Morgan fingerprint density at radius 2 is 1.88 bits per heavy atom. The quantitative estimate of drug-likeness (QED) is 0.864. The van der Waals surface area contributed by atoms with E-state index in [4.69, 9.17) is 11.6 Å². The van der Waals surface area contributed by atoms with E-state index in [9.17, 15) is 9.59 Å². The number of carbonyl (C=O) groups is 2. The van der Waals surface area contributed by atoms with Gasteiger partial charge in [-0.3, -0.25) is 9.69 Å². The molecule has 1 aromatic carbocycles. The molecule has 1 aromatic rings. The Bertz CT molecular complexity index is 389. The van der Waals surface area contributed by atoms with Gasteiger partial charge in [0.2, 0.25) is 5.91 Å². The fraction of sp³-hybridized carbons (Fsp3) is 0.273. The van der Waals surface area contributed by atoms with Crippen molar-refractivity contribution in [1.29, 1.82) is 0 Å². The Balaban J connectivity index is 2.70. The first kappa shape index (κ1) is 12.5. The number of rotatable bonds is 2. The van der Waals surface area contributed by atoms with Gasteiger partial charge in [-0.1, -0.05) is 11.6 Å². The van der Waals surface area contributed by atoms with Crippen LogP contribution in [0.4, 0.5) is 10.5 Å². The minimum absolute atomic E-state index is 0.283. The fourth-order valence-electron chi connectivity index (χ4n) is 1.23. The fourth-order valence-corrected chi connectivity index (χ4v) is 1.36. The Morgan fingerprint density at radius 3 is 2.31 bits per heavy atom. The molecule has 0 unspecified atom stereocenters. The van der Waals surface area contributed by atoms with Crippen LogP contribution in [0.1, 0.15) is 13.8 Å². The van der Waals surface area contributed by atoms with Gasteiger partial charge in [-0.05, 0) is 31.2 Å². The van der Waals surface area contributed by atoms with Crippen molar-refractivity contribution >= 4 is 29.2 Å². The smallest absolute Gasteiger partial charge is 0.307 e. The SMILES string of the molecule is CCN(C(C)=O)C(=O)Nc1ccc(Cl)cc1. The van der Waals surface area contributed by atoms with Crippen LogP contribution in [0.2, 0.25) is 5.02 Å². The Morgan fingerprint density at radius 1 is 1.31 bits per heavy atom. The maximum Gasteiger partial charge on any atom is 0.328 e. The van der Waals surface area contributed by atoms with E-state index in [2.05, 4.69) is 5.32 Å². The zero-order chi connectivity index (χ0) is 12.1. The van der Waals surface area contributed by atoms with Gasteiger partial charge in [-0.2, -0.15) is 0 Å². The standard InChI is InChI=1S/C11H13ClN2O2/c1-3-14(8(2)15)11(16)13-10-6-4-9(12)5-7-10/h4-7H,3H2,1-2H3,(H,13,16). The van der Waals surface area contributed by atoms with Crippen molar-refractivity contribution < 1.29 is 9.59 Å². The number of carbonyl (C=O) groups excluding carboxylic acids is 2. The van der Waals surface area contributed by atoms with Gasteiger partial charge in [0.25, 0.3) is 0 Å². The molecule has 86 valence electrons. The highest BCUT2D eigenvalue weighted by Gasteiger charge is 2.15. The molecule has 3 amide bonds. The molecule has 1 N–H and O–H groups in total. The van der Waals surface area contributed by atoms with Crippen LogP contribution in [0, 0.1) is 0 Å². The summed E-state index contributed by atoms with van der Waals surface area (Å²) < 4.78 is 0. The zero-order valence-electron chi connectivity index (χ0n) is 9.16. The molecule has 0 aliphatic rings. The molecular formula is C11H13ClN2O2. The summed E-state index contributed by atoms with van der Waals surface area (Å²) in [6.45, 7) is 3.43. The number of benzene rings is 1. The van der Waals surface area contributed by atoms with E-state index < -0.39 is 6.03 Å². The van der Waals surface area contributed by atoms with Gasteiger partial charge in [0.1, 0.15) is 0 Å². The van der Waals surface area contributed by atoms with Gasteiger partial charge in [-0.15, -0.1) is 0 Å². The number of nitrogens with zero attached hydrogens (tertiary/aromatic N) is 1. The van der Waals surface area contributed by atoms with Crippen molar-refractivity contribution in [1.82, 2.24) is 4.90 Å². The van der Waals surface area contributed by atoms with Gasteiger partial charge in [0.05, 0.1) is 0 Å². The number of imide groups is 1. The first-order valence-corrected chi connectivity index (χ1v) is 5.27. The molecule has 0 atom stereocenters. The molecule has 0 aliphatic carbocycles. The zero-order valence-corrected chi connectivity index (χ0v) is 9.91. The van der Waals surface area contributed by atoms with Crippen molar-refractivity contribution in [3.63, 3.8) is 0 Å². The summed E-state index contributed by atoms with van der Waals surface area (Å²) in [5, 5.41) is 3.20. The molecule has 0 saturated heterocycles. The second-order valence-corrected chi connectivity index (χ2v) is 3.64. The van der Waals surface area contributed by atoms with Crippen molar-refractivity contribution in [2.45, 2.75) is 13.8 Å². The van der Waals surface area contributed by atoms with Crippen molar-refractivity contribution in [3.05, 3.63) is 29.3 Å². The van der Waals surface area contributed by atoms with Crippen LogP contribution in [0.15, 0.2) is 24.3 Å². The lowest BCUT2D eigenvalue weighted by atomic mass is 10.3. The molecule has 0 heterocycles. The van der Waals surface area contributed by atoms with E-state index in [-0.39, 0.29) is 5.91 Å². The third-order valence-electron chi connectivity index (χ3n) is 2.04. The third-order valence-corrected chi connectivity index (χ3v) is 2.29. The molecule has 4 nitrogen and oxygen atoms in total. The second-order valence-electron chi connectivity index (χ2n) is 3.20. The Hall–Kier alpha value is -1.55. The topological polar surface area (TPSA) is 49.4 Å². The average molecular weight is 241 g/mol. The Labute approximate surface area is 99.2 Å². The van der Waals surface area contributed by atoms with Crippen LogP contribution in [0.3, 0.4) is 0 Å². The van der Waals surface area contributed by atoms with E-state index in [1.807, 2.05) is 0 Å². The molecule has 1 rings (SSSR count). The number of halogens is 1. The van der Waals surface area contributed by atoms with E-state index in [1.54, 1.807) is 31.2 Å². The summed E-state index contributed by atoms with van der Waals surface area (Å²) in [7, 11) is 0. The molecule has 0 radical (unpaired) electrons. The molecule has 5 heteroatoms. The van der Waals surface area contributed by atoms with Crippen molar-refractivity contribution in [3.8, 4) is 0 Å². The maximum absolute atomic E-state index is 11.6. The first-order valence-electron chi connectivity index (χ1n) is 4.89. The first-order chi connectivity index (χ1) is 7.54. The molecule has 0 fully saturated rings. The summed E-state index contributed by atoms with van der Waals surface area (Å²) in [6.07, 6.45) is 0. The number of hydrogen-bond acceptors (Lipinski definition) is 2. The largest absolute Gasteiger partial charge is 0.328 e. The van der Waals surface area contributed by atoms with Crippen LogP contribution >= 0.6 is 11.6 Å². The summed E-state index contributed by atoms with van der Waals surface area (Å²) in [6, 6.07) is 6.25. The van der Waals surface area contributed by atoms with E-state index >= 15 is 0 Å². The monoisotopic (exact) mass is 240 g/mol. The highest BCUT2D eigenvalue weighted by Crippen LogP contribution is 2.13. The predicted molar refractivity (Wildman–Crippen MR) is 63.5 cm³/mol. The van der Waals surface area contributed by atoms with E-state index in [0.29, 0.717) is 17.3 Å². The highest BCUT2D eigenvalue weighted by molar-refractivity contribution is 6.30. The second kappa shape index (κ2) is 5.51. The van der Waals surface area contributed by atoms with Gasteiger partial charge in [-0.25, -0.2) is 4.79 Å². The molecule has 0 spiro atoms. The van der Waals surface area contributed by atoms with Crippen LogP contribution in [-0.2, 0) is 4.79 Å². The normalized spacial score (nSPS) is 9.69. The molecular weight excluding hydrogens is 228 g/mol. The van der Waals surface area contributed by atoms with E-state index in [0.717, 1.165) is 4.90 Å². The lowest BCUT2D eigenvalue weighted by Gasteiger charge is -2.17. The number of nitrogens with one attached hydrogen (secondary N) is 1. The number of urea groups is 1. The maximum atomic E-state index is 11.6. The Kier molecular flexibility index (Phi) is 4.31. The van der Waals surface area contributed by atoms with Gasteiger partial charge >= 0.3 is 6.03 Å². The third kappa shape index (κ3) is 3.24. The lowest BCUT2D eigenvalue weighted by Crippen LogP contribution is -2.38. The number of hydrogen-bond donors (Lipinski definition) is 1. The van der Waals surface area contributed by atoms with Gasteiger partial charge < -0.3 is 5.32 Å².